The van der Waals surface area contributed by atoms with Gasteiger partial charge in [-0.25, -0.2) is 0 Å². The van der Waals surface area contributed by atoms with Gasteiger partial charge in [0.05, 0.1) is 5.52 Å². The molecule has 0 unspecified atom stereocenters. The normalized spacial score (nSPS) is 11.5. The lowest BCUT2D eigenvalue weighted by Crippen LogP contribution is -2.15. The molecule has 2 rings (SSSR count). The van der Waals surface area contributed by atoms with Crippen molar-refractivity contribution in [1.29, 1.82) is 0 Å². The Balaban J connectivity index is 2.35. The van der Waals surface area contributed by atoms with Gasteiger partial charge in [0.1, 0.15) is 12.5 Å². The van der Waals surface area contributed by atoms with Crippen LogP contribution in [0.5, 0.6) is 5.75 Å². The van der Waals surface area contributed by atoms with Gasteiger partial charge in [-0.05, 0) is 52.1 Å². The monoisotopic (exact) mass is 320 g/mol. The molecule has 0 saturated carbocycles. The molecule has 23 heavy (non-hydrogen) atoms. The number of likely N-dealkylation sites (N-methyl/N-ethyl adjacent to an activating group) is 1. The molecule has 0 amide bonds. The maximum absolute atomic E-state index is 5.83. The van der Waals surface area contributed by atoms with Gasteiger partial charge in [0, 0.05) is 31.3 Å². The lowest BCUT2D eigenvalue weighted by atomic mass is 10.1. The van der Waals surface area contributed by atoms with Crippen LogP contribution in [-0.2, 0) is 22.6 Å². The van der Waals surface area contributed by atoms with Crippen LogP contribution in [0.2, 0.25) is 0 Å². The van der Waals surface area contributed by atoms with Crippen LogP contribution in [0.1, 0.15) is 19.4 Å². The molecule has 0 N–H and O–H groups in total. The van der Waals surface area contributed by atoms with E-state index in [1.165, 1.54) is 5.56 Å². The molecule has 0 saturated heterocycles. The highest BCUT2D eigenvalue weighted by Crippen LogP contribution is 2.31. The molecule has 1 heterocycles. The lowest BCUT2D eigenvalue weighted by molar-refractivity contribution is 0.0233. The molecule has 0 fully saturated rings. The van der Waals surface area contributed by atoms with Crippen LogP contribution >= 0.6 is 0 Å². The van der Waals surface area contributed by atoms with Gasteiger partial charge in [-0.2, -0.15) is 0 Å². The Kier molecular flexibility index (Phi) is 6.89. The fourth-order valence-corrected chi connectivity index (χ4v) is 2.54. The number of ether oxygens (including phenoxy) is 3. The summed E-state index contributed by atoms with van der Waals surface area (Å²) in [6.07, 6.45) is 3.15. The molecule has 0 spiro atoms. The first-order chi connectivity index (χ1) is 11.2. The second kappa shape index (κ2) is 8.91. The Morgan fingerprint density at radius 3 is 2.57 bits per heavy atom. The van der Waals surface area contributed by atoms with Crippen molar-refractivity contribution in [3.05, 3.63) is 30.0 Å². The van der Waals surface area contributed by atoms with Crippen LogP contribution < -0.4 is 4.74 Å². The minimum Gasteiger partial charge on any atom is -0.467 e. The van der Waals surface area contributed by atoms with Crippen molar-refractivity contribution in [2.45, 2.75) is 27.0 Å². The van der Waals surface area contributed by atoms with Crippen LogP contribution in [-0.4, -0.2) is 50.1 Å². The van der Waals surface area contributed by atoms with Crippen molar-refractivity contribution in [2.75, 3.05) is 40.6 Å². The van der Waals surface area contributed by atoms with Gasteiger partial charge >= 0.3 is 0 Å². The van der Waals surface area contributed by atoms with Crippen molar-refractivity contribution in [2.24, 2.45) is 0 Å². The number of aromatic nitrogens is 1. The maximum atomic E-state index is 5.83. The predicted molar refractivity (Wildman–Crippen MR) is 92.9 cm³/mol. The summed E-state index contributed by atoms with van der Waals surface area (Å²) in [6, 6.07) is 6.13. The Bertz CT molecular complexity index is 608. The summed E-state index contributed by atoms with van der Waals surface area (Å²) in [5, 5.41) is 1.16. The van der Waals surface area contributed by atoms with Gasteiger partial charge in [-0.1, -0.05) is 6.07 Å². The number of rotatable bonds is 10. The summed E-state index contributed by atoms with van der Waals surface area (Å²) in [4.78, 5) is 2.19. The molecule has 0 aliphatic heterocycles. The molecule has 5 heteroatoms. The SMILES string of the molecule is CCOCOc1cccc2c1c(CCN(C)C)cn2COCC. The van der Waals surface area contributed by atoms with Crippen molar-refractivity contribution in [3.8, 4) is 5.75 Å². The zero-order valence-corrected chi connectivity index (χ0v) is 14.7. The van der Waals surface area contributed by atoms with Crippen molar-refractivity contribution >= 4 is 10.9 Å². The highest BCUT2D eigenvalue weighted by Gasteiger charge is 2.13. The molecule has 5 nitrogen and oxygen atoms in total. The molecule has 128 valence electrons. The molecular formula is C18H28N2O3. The Morgan fingerprint density at radius 1 is 1.09 bits per heavy atom. The largest absolute Gasteiger partial charge is 0.467 e. The zero-order chi connectivity index (χ0) is 16.7. The topological polar surface area (TPSA) is 35.9 Å². The van der Waals surface area contributed by atoms with E-state index in [0.717, 1.165) is 29.6 Å². The Morgan fingerprint density at radius 2 is 1.87 bits per heavy atom. The maximum Gasteiger partial charge on any atom is 0.189 e. The summed E-state index contributed by atoms with van der Waals surface area (Å²) < 4.78 is 18.9. The molecule has 0 aliphatic carbocycles. The fourth-order valence-electron chi connectivity index (χ4n) is 2.54. The van der Waals surface area contributed by atoms with E-state index in [0.29, 0.717) is 19.9 Å². The van der Waals surface area contributed by atoms with Gasteiger partial charge in [0.15, 0.2) is 6.79 Å². The summed E-state index contributed by atoms with van der Waals surface area (Å²) in [5.41, 5.74) is 2.42. The second-order valence-corrected chi connectivity index (χ2v) is 5.70. The molecular weight excluding hydrogens is 292 g/mol. The summed E-state index contributed by atoms with van der Waals surface area (Å²) in [7, 11) is 4.18. The van der Waals surface area contributed by atoms with E-state index in [-0.39, 0.29) is 6.79 Å². The molecule has 0 aliphatic rings. The summed E-state index contributed by atoms with van der Waals surface area (Å²) in [5.74, 6) is 0.875. The first kappa shape index (κ1) is 17.8. The third-order valence-electron chi connectivity index (χ3n) is 3.71. The summed E-state index contributed by atoms with van der Waals surface area (Å²) >= 11 is 0. The smallest absolute Gasteiger partial charge is 0.189 e. The van der Waals surface area contributed by atoms with E-state index in [1.54, 1.807) is 0 Å². The number of hydrogen-bond donors (Lipinski definition) is 0. The third kappa shape index (κ3) is 4.70. The van der Waals surface area contributed by atoms with E-state index in [9.17, 15) is 0 Å². The van der Waals surface area contributed by atoms with E-state index in [1.807, 2.05) is 26.0 Å². The second-order valence-electron chi connectivity index (χ2n) is 5.70. The summed E-state index contributed by atoms with van der Waals surface area (Å²) in [6.45, 7) is 7.15. The first-order valence-electron chi connectivity index (χ1n) is 8.21. The van der Waals surface area contributed by atoms with Gasteiger partial charge in [0.2, 0.25) is 0 Å². The highest BCUT2D eigenvalue weighted by molar-refractivity contribution is 5.90. The molecule has 1 aromatic carbocycles. The molecule has 2 aromatic rings. The van der Waals surface area contributed by atoms with Crippen molar-refractivity contribution in [1.82, 2.24) is 9.47 Å². The highest BCUT2D eigenvalue weighted by atomic mass is 16.7. The van der Waals surface area contributed by atoms with E-state index < -0.39 is 0 Å². The van der Waals surface area contributed by atoms with Gasteiger partial charge < -0.3 is 23.7 Å². The molecule has 0 radical (unpaired) electrons. The fraction of sp³-hybridized carbons (Fsp3) is 0.556. The predicted octanol–water partition coefficient (Wildman–Crippen LogP) is 3.11. The number of hydrogen-bond acceptors (Lipinski definition) is 4. The standard InChI is InChI=1S/C18H28N2O3/c1-5-21-13-20-12-15(10-11-19(3)4)18-16(20)8-7-9-17(18)23-14-22-6-2/h7-9,12H,5-6,10-11,13-14H2,1-4H3. The van der Waals surface area contributed by atoms with Crippen LogP contribution in [0, 0.1) is 0 Å². The van der Waals surface area contributed by atoms with Crippen LogP contribution in [0.15, 0.2) is 24.4 Å². The average Bonchev–Trinajstić information content (AvgIpc) is 2.90. The average molecular weight is 320 g/mol. The van der Waals surface area contributed by atoms with Gasteiger partial charge in [0.25, 0.3) is 0 Å². The third-order valence-corrected chi connectivity index (χ3v) is 3.71. The van der Waals surface area contributed by atoms with Crippen molar-refractivity contribution in [3.63, 3.8) is 0 Å². The lowest BCUT2D eigenvalue weighted by Gasteiger charge is -2.11. The zero-order valence-electron chi connectivity index (χ0n) is 14.7. The van der Waals surface area contributed by atoms with E-state index in [2.05, 4.69) is 35.8 Å². The van der Waals surface area contributed by atoms with Crippen LogP contribution in [0.25, 0.3) is 10.9 Å². The van der Waals surface area contributed by atoms with E-state index in [4.69, 9.17) is 14.2 Å². The number of nitrogens with zero attached hydrogens (tertiary/aromatic N) is 2. The van der Waals surface area contributed by atoms with Crippen molar-refractivity contribution < 1.29 is 14.2 Å². The first-order valence-corrected chi connectivity index (χ1v) is 8.21. The van der Waals surface area contributed by atoms with E-state index >= 15 is 0 Å². The minimum atomic E-state index is 0.277. The molecule has 0 atom stereocenters. The molecule has 0 bridgehead atoms. The van der Waals surface area contributed by atoms with Crippen LogP contribution in [0.3, 0.4) is 0 Å². The minimum absolute atomic E-state index is 0.277. The Labute approximate surface area is 138 Å². The van der Waals surface area contributed by atoms with Gasteiger partial charge in [-0.3, -0.25) is 0 Å². The Hall–Kier alpha value is -1.56. The molecule has 1 aromatic heterocycles. The van der Waals surface area contributed by atoms with Gasteiger partial charge in [-0.15, -0.1) is 0 Å². The number of benzene rings is 1. The number of fused-ring (bicyclic) bond motifs is 1. The van der Waals surface area contributed by atoms with Crippen LogP contribution in [0.4, 0.5) is 0 Å². The quantitative estimate of drug-likeness (QED) is 0.498.